The van der Waals surface area contributed by atoms with Crippen LogP contribution >= 0.6 is 0 Å². The smallest absolute Gasteiger partial charge is 0.277 e. The van der Waals surface area contributed by atoms with Gasteiger partial charge in [-0.3, -0.25) is 14.8 Å². The average Bonchev–Trinajstić information content (AvgIpc) is 3.05. The molecule has 0 unspecified atom stereocenters. The van der Waals surface area contributed by atoms with Gasteiger partial charge in [-0.15, -0.1) is 0 Å². The van der Waals surface area contributed by atoms with Crippen LogP contribution in [0.15, 0.2) is 47.4 Å². The van der Waals surface area contributed by atoms with E-state index < -0.39 is 0 Å². The van der Waals surface area contributed by atoms with E-state index in [1.807, 2.05) is 44.1 Å². The largest absolute Gasteiger partial charge is 0.359 e. The zero-order valence-electron chi connectivity index (χ0n) is 14.4. The summed E-state index contributed by atoms with van der Waals surface area (Å²) in [5, 5.41) is 6.72. The number of hydrogen-bond donors (Lipinski definition) is 1. The highest BCUT2D eigenvalue weighted by Crippen LogP contribution is 2.24. The van der Waals surface area contributed by atoms with Gasteiger partial charge < -0.3 is 14.7 Å². The summed E-state index contributed by atoms with van der Waals surface area (Å²) < 4.78 is 5.19. The molecule has 7 heteroatoms. The number of anilines is 1. The standard InChI is InChI=1S/C18H19N5O2/c1-12-4-5-13(17-10-19-6-7-20-17)8-15(12)21-18(24)16-9-14(25-22-16)11-23(2)3/h4-10H,11H2,1-3H3,(H,21,24). The molecule has 0 atom stereocenters. The number of aryl methyl sites for hydroxylation is 1. The first kappa shape index (κ1) is 16.8. The van der Waals surface area contributed by atoms with Gasteiger partial charge in [0.05, 0.1) is 18.4 Å². The lowest BCUT2D eigenvalue weighted by atomic mass is 10.1. The number of amides is 1. The number of nitrogens with zero attached hydrogens (tertiary/aromatic N) is 4. The summed E-state index contributed by atoms with van der Waals surface area (Å²) in [6, 6.07) is 7.40. The molecule has 128 valence electrons. The molecule has 25 heavy (non-hydrogen) atoms. The first-order valence-electron chi connectivity index (χ1n) is 7.81. The van der Waals surface area contributed by atoms with Crippen molar-refractivity contribution in [3.8, 4) is 11.3 Å². The van der Waals surface area contributed by atoms with Crippen LogP contribution in [0, 0.1) is 6.92 Å². The molecule has 1 aromatic carbocycles. The Morgan fingerprint density at radius 2 is 2.08 bits per heavy atom. The fourth-order valence-corrected chi connectivity index (χ4v) is 2.36. The second-order valence-corrected chi connectivity index (χ2v) is 5.99. The molecule has 0 radical (unpaired) electrons. The third-order valence-corrected chi connectivity index (χ3v) is 3.61. The molecular weight excluding hydrogens is 318 g/mol. The minimum Gasteiger partial charge on any atom is -0.359 e. The van der Waals surface area contributed by atoms with Crippen LogP contribution in [0.5, 0.6) is 0 Å². The van der Waals surface area contributed by atoms with E-state index in [2.05, 4.69) is 20.4 Å². The predicted molar refractivity (Wildman–Crippen MR) is 94.1 cm³/mol. The molecule has 2 aromatic heterocycles. The van der Waals surface area contributed by atoms with Gasteiger partial charge in [0.25, 0.3) is 5.91 Å². The topological polar surface area (TPSA) is 84.2 Å². The van der Waals surface area contributed by atoms with Crippen LogP contribution in [0.1, 0.15) is 21.8 Å². The van der Waals surface area contributed by atoms with Crippen molar-refractivity contribution in [2.75, 3.05) is 19.4 Å². The molecule has 1 amide bonds. The SMILES string of the molecule is Cc1ccc(-c2cnccn2)cc1NC(=O)c1cc(CN(C)C)on1. The molecule has 0 aliphatic heterocycles. The van der Waals surface area contributed by atoms with Crippen molar-refractivity contribution >= 4 is 11.6 Å². The number of carbonyl (C=O) groups is 1. The van der Waals surface area contributed by atoms with Crippen LogP contribution in [0.25, 0.3) is 11.3 Å². The number of carbonyl (C=O) groups excluding carboxylic acids is 1. The zero-order valence-corrected chi connectivity index (χ0v) is 14.4. The molecule has 1 N–H and O–H groups in total. The van der Waals surface area contributed by atoms with Gasteiger partial charge in [0.15, 0.2) is 11.5 Å². The monoisotopic (exact) mass is 337 g/mol. The second-order valence-electron chi connectivity index (χ2n) is 5.99. The Labute approximate surface area is 145 Å². The van der Waals surface area contributed by atoms with E-state index in [0.717, 1.165) is 16.8 Å². The Morgan fingerprint density at radius 3 is 2.80 bits per heavy atom. The van der Waals surface area contributed by atoms with E-state index in [1.54, 1.807) is 24.7 Å². The first-order valence-corrected chi connectivity index (χ1v) is 7.81. The van der Waals surface area contributed by atoms with Gasteiger partial charge in [-0.25, -0.2) is 0 Å². The van der Waals surface area contributed by atoms with E-state index in [1.165, 1.54) is 0 Å². The Bertz CT molecular complexity index is 874. The molecular formula is C18H19N5O2. The van der Waals surface area contributed by atoms with Crippen LogP contribution < -0.4 is 5.32 Å². The van der Waals surface area contributed by atoms with Crippen molar-refractivity contribution in [2.24, 2.45) is 0 Å². The lowest BCUT2D eigenvalue weighted by Gasteiger charge is -2.09. The maximum absolute atomic E-state index is 12.4. The van der Waals surface area contributed by atoms with Crippen molar-refractivity contribution in [1.82, 2.24) is 20.0 Å². The molecule has 0 bridgehead atoms. The van der Waals surface area contributed by atoms with Crippen molar-refractivity contribution < 1.29 is 9.32 Å². The maximum Gasteiger partial charge on any atom is 0.277 e. The second kappa shape index (κ2) is 7.23. The van der Waals surface area contributed by atoms with Gasteiger partial charge in [-0.2, -0.15) is 0 Å². The van der Waals surface area contributed by atoms with Gasteiger partial charge >= 0.3 is 0 Å². The van der Waals surface area contributed by atoms with Gasteiger partial charge in [0.1, 0.15) is 0 Å². The van der Waals surface area contributed by atoms with E-state index >= 15 is 0 Å². The number of nitrogens with one attached hydrogen (secondary N) is 1. The number of benzene rings is 1. The molecule has 0 aliphatic rings. The minimum absolute atomic E-state index is 0.251. The van der Waals surface area contributed by atoms with Crippen molar-refractivity contribution in [3.63, 3.8) is 0 Å². The highest BCUT2D eigenvalue weighted by atomic mass is 16.5. The molecule has 3 rings (SSSR count). The Balaban J connectivity index is 1.80. The third kappa shape index (κ3) is 4.07. The zero-order chi connectivity index (χ0) is 17.8. The Hall–Kier alpha value is -3.06. The lowest BCUT2D eigenvalue weighted by molar-refractivity contribution is 0.101. The maximum atomic E-state index is 12.4. The molecule has 7 nitrogen and oxygen atoms in total. The molecule has 0 fully saturated rings. The summed E-state index contributed by atoms with van der Waals surface area (Å²) in [7, 11) is 3.84. The summed E-state index contributed by atoms with van der Waals surface area (Å²) in [6.07, 6.45) is 4.94. The molecule has 2 heterocycles. The fraction of sp³-hybridized carbons (Fsp3) is 0.222. The summed E-state index contributed by atoms with van der Waals surface area (Å²) in [6.45, 7) is 2.51. The summed E-state index contributed by atoms with van der Waals surface area (Å²) in [5.74, 6) is 0.327. The van der Waals surface area contributed by atoms with Crippen LogP contribution in [-0.4, -0.2) is 40.0 Å². The van der Waals surface area contributed by atoms with Gasteiger partial charge in [0.2, 0.25) is 0 Å². The van der Waals surface area contributed by atoms with Gasteiger partial charge in [-0.1, -0.05) is 17.3 Å². The summed E-state index contributed by atoms with van der Waals surface area (Å²) >= 11 is 0. The summed E-state index contributed by atoms with van der Waals surface area (Å²) in [5.41, 5.74) is 3.51. The number of rotatable bonds is 5. The highest BCUT2D eigenvalue weighted by Gasteiger charge is 2.14. The normalized spacial score (nSPS) is 10.9. The average molecular weight is 337 g/mol. The van der Waals surface area contributed by atoms with Crippen LogP contribution in [0.3, 0.4) is 0 Å². The minimum atomic E-state index is -0.312. The summed E-state index contributed by atoms with van der Waals surface area (Å²) in [4.78, 5) is 22.7. The Kier molecular flexibility index (Phi) is 4.85. The molecule has 0 saturated carbocycles. The Morgan fingerprint density at radius 1 is 1.24 bits per heavy atom. The van der Waals surface area contributed by atoms with Crippen LogP contribution in [-0.2, 0) is 6.54 Å². The van der Waals surface area contributed by atoms with E-state index in [-0.39, 0.29) is 11.6 Å². The molecule has 0 aliphatic carbocycles. The third-order valence-electron chi connectivity index (χ3n) is 3.61. The quantitative estimate of drug-likeness (QED) is 0.771. The fourth-order valence-electron chi connectivity index (χ4n) is 2.36. The van der Waals surface area contributed by atoms with E-state index in [4.69, 9.17) is 4.52 Å². The molecule has 0 saturated heterocycles. The number of aromatic nitrogens is 3. The molecule has 0 spiro atoms. The predicted octanol–water partition coefficient (Wildman–Crippen LogP) is 2.75. The lowest BCUT2D eigenvalue weighted by Crippen LogP contribution is -2.13. The van der Waals surface area contributed by atoms with Crippen LogP contribution in [0.4, 0.5) is 5.69 Å². The van der Waals surface area contributed by atoms with Gasteiger partial charge in [-0.05, 0) is 32.6 Å². The van der Waals surface area contributed by atoms with Crippen molar-refractivity contribution in [1.29, 1.82) is 0 Å². The highest BCUT2D eigenvalue weighted by molar-refractivity contribution is 6.03. The number of hydrogen-bond acceptors (Lipinski definition) is 6. The van der Waals surface area contributed by atoms with Crippen molar-refractivity contribution in [2.45, 2.75) is 13.5 Å². The molecule has 3 aromatic rings. The van der Waals surface area contributed by atoms with Crippen molar-refractivity contribution in [3.05, 3.63) is 59.9 Å². The van der Waals surface area contributed by atoms with Gasteiger partial charge in [0, 0.05) is 29.7 Å². The van der Waals surface area contributed by atoms with E-state index in [0.29, 0.717) is 18.0 Å². The first-order chi connectivity index (χ1) is 12.0. The van der Waals surface area contributed by atoms with Crippen LogP contribution in [0.2, 0.25) is 0 Å². The van der Waals surface area contributed by atoms with E-state index in [9.17, 15) is 4.79 Å².